The zero-order valence-corrected chi connectivity index (χ0v) is 18.3. The van der Waals surface area contributed by atoms with E-state index in [0.29, 0.717) is 25.8 Å². The van der Waals surface area contributed by atoms with E-state index < -0.39 is 60.6 Å². The summed E-state index contributed by atoms with van der Waals surface area (Å²) in [6, 6.07) is -4.95. The van der Waals surface area contributed by atoms with Gasteiger partial charge in [-0.3, -0.25) is 14.4 Å². The van der Waals surface area contributed by atoms with Gasteiger partial charge < -0.3 is 42.7 Å². The lowest BCUT2D eigenvalue weighted by atomic mass is 9.99. The van der Waals surface area contributed by atoms with Crippen molar-refractivity contribution in [3.8, 4) is 0 Å². The highest BCUT2D eigenvalue weighted by molar-refractivity contribution is 5.94. The summed E-state index contributed by atoms with van der Waals surface area (Å²) < 4.78 is 0. The summed E-state index contributed by atoms with van der Waals surface area (Å²) in [5, 5.41) is 35.2. The van der Waals surface area contributed by atoms with Gasteiger partial charge in [0.25, 0.3) is 0 Å². The van der Waals surface area contributed by atoms with E-state index in [4.69, 9.17) is 16.6 Å². The quantitative estimate of drug-likeness (QED) is 0.123. The molecule has 12 nitrogen and oxygen atoms in total. The van der Waals surface area contributed by atoms with Crippen LogP contribution in [0.1, 0.15) is 46.5 Å². The highest BCUT2D eigenvalue weighted by atomic mass is 16.4. The Kier molecular flexibility index (Phi) is 13.6. The number of carboxylic acid groups (broad SMARTS) is 1. The molecule has 0 aromatic heterocycles. The van der Waals surface area contributed by atoms with Gasteiger partial charge in [-0.25, -0.2) is 4.79 Å². The number of hydrogen-bond acceptors (Lipinski definition) is 8. The molecule has 0 rings (SSSR count). The maximum Gasteiger partial charge on any atom is 0.328 e. The molecule has 0 spiro atoms. The van der Waals surface area contributed by atoms with Crippen molar-refractivity contribution in [1.82, 2.24) is 16.0 Å². The lowest BCUT2D eigenvalue weighted by Crippen LogP contribution is -2.59. The van der Waals surface area contributed by atoms with Crippen LogP contribution in [-0.2, 0) is 19.2 Å². The minimum atomic E-state index is -1.57. The molecule has 0 fully saturated rings. The highest BCUT2D eigenvalue weighted by Gasteiger charge is 2.31. The molecule has 180 valence electrons. The van der Waals surface area contributed by atoms with Crippen molar-refractivity contribution in [1.29, 1.82) is 0 Å². The fourth-order valence-electron chi connectivity index (χ4n) is 2.65. The Morgan fingerprint density at radius 2 is 1.48 bits per heavy atom. The van der Waals surface area contributed by atoms with Crippen molar-refractivity contribution in [2.24, 2.45) is 17.4 Å². The van der Waals surface area contributed by atoms with E-state index in [9.17, 15) is 29.4 Å². The molecule has 0 aromatic carbocycles. The molecule has 0 aliphatic heterocycles. The van der Waals surface area contributed by atoms with Crippen molar-refractivity contribution < 1.29 is 34.5 Å². The number of hydrogen-bond donors (Lipinski definition) is 8. The second kappa shape index (κ2) is 14.7. The number of rotatable bonds is 15. The van der Waals surface area contributed by atoms with E-state index >= 15 is 0 Å². The van der Waals surface area contributed by atoms with Gasteiger partial charge in [0.1, 0.15) is 12.1 Å². The molecule has 0 radical (unpaired) electrons. The molecular weight excluding hydrogens is 410 g/mol. The van der Waals surface area contributed by atoms with Gasteiger partial charge in [-0.15, -0.1) is 0 Å². The lowest BCUT2D eigenvalue weighted by Gasteiger charge is -2.25. The number of carbonyl (C=O) groups is 4. The first-order valence-electron chi connectivity index (χ1n) is 10.4. The summed E-state index contributed by atoms with van der Waals surface area (Å²) in [4.78, 5) is 48.6. The number of aliphatic hydroxyl groups is 2. The van der Waals surface area contributed by atoms with Crippen LogP contribution in [0.25, 0.3) is 0 Å². The number of aliphatic hydroxyl groups excluding tert-OH is 2. The monoisotopic (exact) mass is 447 g/mol. The van der Waals surface area contributed by atoms with Crippen LogP contribution in [0.3, 0.4) is 0 Å². The van der Waals surface area contributed by atoms with E-state index in [1.165, 1.54) is 6.92 Å². The summed E-state index contributed by atoms with van der Waals surface area (Å²) in [7, 11) is 0. The molecule has 0 aliphatic carbocycles. The fourth-order valence-corrected chi connectivity index (χ4v) is 2.65. The first kappa shape index (κ1) is 28.7. The number of nitrogens with two attached hydrogens (primary N) is 2. The first-order valence-corrected chi connectivity index (χ1v) is 10.4. The molecular formula is C19H37N5O7. The predicted octanol–water partition coefficient (Wildman–Crippen LogP) is -2.60. The molecule has 6 unspecified atom stereocenters. The van der Waals surface area contributed by atoms with Crippen molar-refractivity contribution in [3.63, 3.8) is 0 Å². The highest BCUT2D eigenvalue weighted by Crippen LogP contribution is 2.06. The molecule has 0 heterocycles. The van der Waals surface area contributed by atoms with Gasteiger partial charge >= 0.3 is 5.97 Å². The Labute approximate surface area is 182 Å². The summed E-state index contributed by atoms with van der Waals surface area (Å²) in [5.74, 6) is -3.85. The van der Waals surface area contributed by atoms with Crippen LogP contribution in [0, 0.1) is 5.92 Å². The summed E-state index contributed by atoms with van der Waals surface area (Å²) in [6.07, 6.45) is 0.424. The van der Waals surface area contributed by atoms with Gasteiger partial charge in [-0.2, -0.15) is 0 Å². The molecule has 31 heavy (non-hydrogen) atoms. The van der Waals surface area contributed by atoms with Gasteiger partial charge in [0.2, 0.25) is 17.7 Å². The van der Waals surface area contributed by atoms with Crippen molar-refractivity contribution in [2.45, 2.75) is 76.7 Å². The Morgan fingerprint density at radius 3 is 1.94 bits per heavy atom. The number of carbonyl (C=O) groups excluding carboxylic acids is 3. The normalized spacial score (nSPS) is 16.9. The molecule has 10 N–H and O–H groups in total. The van der Waals surface area contributed by atoms with E-state index in [2.05, 4.69) is 16.0 Å². The average molecular weight is 448 g/mol. The number of carboxylic acids is 1. The Hall–Kier alpha value is -2.28. The number of unbranched alkanes of at least 4 members (excludes halogenated alkanes) is 1. The summed E-state index contributed by atoms with van der Waals surface area (Å²) >= 11 is 0. The SMILES string of the molecule is CCC(C)C(N)C(=O)NC(CO)C(=O)NC(CCCCN)C(=O)NC(C(=O)O)C(C)O. The van der Waals surface area contributed by atoms with Crippen LogP contribution in [0.2, 0.25) is 0 Å². The summed E-state index contributed by atoms with van der Waals surface area (Å²) in [6.45, 7) is 4.47. The molecule has 0 bridgehead atoms. The minimum Gasteiger partial charge on any atom is -0.480 e. The molecule has 0 aliphatic rings. The second-order valence-corrected chi connectivity index (χ2v) is 7.57. The third-order valence-corrected chi connectivity index (χ3v) is 5.00. The van der Waals surface area contributed by atoms with Crippen LogP contribution in [0.15, 0.2) is 0 Å². The second-order valence-electron chi connectivity index (χ2n) is 7.57. The number of amides is 3. The van der Waals surface area contributed by atoms with E-state index in [1.54, 1.807) is 6.92 Å². The van der Waals surface area contributed by atoms with E-state index in [-0.39, 0.29) is 12.3 Å². The molecule has 6 atom stereocenters. The van der Waals surface area contributed by atoms with E-state index in [0.717, 1.165) is 0 Å². The van der Waals surface area contributed by atoms with Gasteiger partial charge in [0.15, 0.2) is 6.04 Å². The zero-order chi connectivity index (χ0) is 24.1. The Morgan fingerprint density at radius 1 is 0.935 bits per heavy atom. The minimum absolute atomic E-state index is 0.138. The van der Waals surface area contributed by atoms with Crippen molar-refractivity contribution in [2.75, 3.05) is 13.2 Å². The number of aliphatic carboxylic acids is 1. The van der Waals surface area contributed by atoms with Gasteiger partial charge in [-0.05, 0) is 38.6 Å². The Bertz CT molecular complexity index is 602. The number of nitrogens with one attached hydrogen (secondary N) is 3. The average Bonchev–Trinajstić information content (AvgIpc) is 2.72. The van der Waals surface area contributed by atoms with E-state index in [1.807, 2.05) is 6.92 Å². The smallest absolute Gasteiger partial charge is 0.328 e. The largest absolute Gasteiger partial charge is 0.480 e. The molecule has 0 saturated heterocycles. The molecule has 0 aromatic rings. The molecule has 3 amide bonds. The van der Waals surface area contributed by atoms with Gasteiger partial charge in [-0.1, -0.05) is 20.3 Å². The maximum absolute atomic E-state index is 12.6. The third kappa shape index (κ3) is 10.0. The van der Waals surface area contributed by atoms with Crippen LogP contribution < -0.4 is 27.4 Å². The van der Waals surface area contributed by atoms with Crippen molar-refractivity contribution in [3.05, 3.63) is 0 Å². The molecule has 12 heteroatoms. The zero-order valence-electron chi connectivity index (χ0n) is 18.3. The standard InChI is InChI=1S/C19H37N5O7/c1-4-10(2)14(21)18(29)23-13(9-25)17(28)22-12(7-5-6-8-20)16(27)24-15(11(3)26)19(30)31/h10-15,25-26H,4-9,20-21H2,1-3H3,(H,22,28)(H,23,29)(H,24,27)(H,30,31). The van der Waals surface area contributed by atoms with Gasteiger partial charge in [0, 0.05) is 0 Å². The molecule has 0 saturated carbocycles. The van der Waals surface area contributed by atoms with Crippen molar-refractivity contribution >= 4 is 23.7 Å². The lowest BCUT2D eigenvalue weighted by molar-refractivity contribution is -0.145. The fraction of sp³-hybridized carbons (Fsp3) is 0.789. The van der Waals surface area contributed by atoms with Crippen LogP contribution in [0.5, 0.6) is 0 Å². The maximum atomic E-state index is 12.6. The Balaban J connectivity index is 5.29. The topological polar surface area (TPSA) is 217 Å². The first-order chi connectivity index (χ1) is 14.5. The summed E-state index contributed by atoms with van der Waals surface area (Å²) in [5.41, 5.74) is 11.3. The van der Waals surface area contributed by atoms with Crippen LogP contribution in [0.4, 0.5) is 0 Å². The van der Waals surface area contributed by atoms with Crippen LogP contribution >= 0.6 is 0 Å². The van der Waals surface area contributed by atoms with Crippen LogP contribution in [-0.4, -0.2) is 82.4 Å². The third-order valence-electron chi connectivity index (χ3n) is 5.00. The predicted molar refractivity (Wildman–Crippen MR) is 113 cm³/mol. The van der Waals surface area contributed by atoms with Gasteiger partial charge in [0.05, 0.1) is 18.8 Å².